The first-order valence-electron chi connectivity index (χ1n) is 9.08. The fraction of sp³-hybridized carbons (Fsp3) is 0.684. The van der Waals surface area contributed by atoms with Crippen LogP contribution < -0.4 is 0 Å². The molecule has 0 radical (unpaired) electrons. The highest BCUT2D eigenvalue weighted by molar-refractivity contribution is 5.77. The third-order valence-corrected chi connectivity index (χ3v) is 7.20. The molecule has 1 aromatic heterocycles. The van der Waals surface area contributed by atoms with Crippen LogP contribution in [0.2, 0.25) is 0 Å². The van der Waals surface area contributed by atoms with Crippen molar-refractivity contribution in [2.45, 2.75) is 50.9 Å². The summed E-state index contributed by atoms with van der Waals surface area (Å²) in [5.41, 5.74) is 0.549. The number of carbonyl (C=O) groups excluding carboxylic acids is 2. The Labute approximate surface area is 145 Å². The van der Waals surface area contributed by atoms with Crippen LogP contribution in [0.1, 0.15) is 44.3 Å². The van der Waals surface area contributed by atoms with Gasteiger partial charge in [0, 0.05) is 11.5 Å². The predicted octanol–water partition coefficient (Wildman–Crippen LogP) is 2.22. The number of hydrogen-bond acceptors (Lipinski definition) is 6. The van der Waals surface area contributed by atoms with Crippen LogP contribution in [-0.2, 0) is 19.1 Å². The van der Waals surface area contributed by atoms with Crippen molar-refractivity contribution in [2.24, 2.45) is 29.1 Å². The van der Waals surface area contributed by atoms with Crippen molar-refractivity contribution in [1.82, 2.24) is 0 Å². The molecule has 2 aliphatic carbocycles. The number of cyclic esters (lactones) is 1. The van der Waals surface area contributed by atoms with Gasteiger partial charge in [0.25, 0.3) is 0 Å². The zero-order chi connectivity index (χ0) is 17.3. The number of esters is 2. The molecule has 25 heavy (non-hydrogen) atoms. The summed E-state index contributed by atoms with van der Waals surface area (Å²) in [6, 6.07) is 1.83. The molecule has 1 aromatic rings. The van der Waals surface area contributed by atoms with Gasteiger partial charge in [0.05, 0.1) is 30.5 Å². The molecule has 0 aromatic carbocycles. The lowest BCUT2D eigenvalue weighted by atomic mass is 9.48. The molecule has 2 aliphatic heterocycles. The summed E-state index contributed by atoms with van der Waals surface area (Å²) < 4.78 is 16.3. The van der Waals surface area contributed by atoms with Gasteiger partial charge in [0.1, 0.15) is 12.2 Å². The predicted molar refractivity (Wildman–Crippen MR) is 84.0 cm³/mol. The fourth-order valence-electron chi connectivity index (χ4n) is 6.00. The molecule has 4 aliphatic rings. The van der Waals surface area contributed by atoms with Crippen molar-refractivity contribution in [3.05, 3.63) is 24.2 Å². The lowest BCUT2D eigenvalue weighted by molar-refractivity contribution is -0.201. The minimum Gasteiger partial charge on any atom is -0.472 e. The van der Waals surface area contributed by atoms with Crippen molar-refractivity contribution >= 4 is 11.9 Å². The maximum absolute atomic E-state index is 12.7. The number of aliphatic hydroxyl groups excluding tert-OH is 1. The Morgan fingerprint density at radius 1 is 1.16 bits per heavy atom. The van der Waals surface area contributed by atoms with E-state index < -0.39 is 6.10 Å². The van der Waals surface area contributed by atoms with Crippen molar-refractivity contribution < 1.29 is 28.6 Å². The molecule has 8 unspecified atom stereocenters. The first kappa shape index (κ1) is 15.4. The van der Waals surface area contributed by atoms with Crippen molar-refractivity contribution in [3.63, 3.8) is 0 Å². The highest BCUT2D eigenvalue weighted by Gasteiger charge is 2.64. The molecule has 2 saturated heterocycles. The van der Waals surface area contributed by atoms with Crippen LogP contribution in [0.4, 0.5) is 0 Å². The minimum atomic E-state index is -0.655. The maximum Gasteiger partial charge on any atom is 0.310 e. The number of ether oxygens (including phenoxy) is 2. The molecular formula is C19H22O6. The number of carbonyl (C=O) groups is 2. The van der Waals surface area contributed by atoms with Crippen LogP contribution >= 0.6 is 0 Å². The summed E-state index contributed by atoms with van der Waals surface area (Å²) in [5, 5.41) is 10.7. The zero-order valence-electron chi connectivity index (χ0n) is 14.1. The third-order valence-electron chi connectivity index (χ3n) is 7.20. The Balaban J connectivity index is 1.54. The van der Waals surface area contributed by atoms with Gasteiger partial charge in [-0.25, -0.2) is 0 Å². The number of furan rings is 1. The second kappa shape index (κ2) is 5.10. The summed E-state index contributed by atoms with van der Waals surface area (Å²) in [6.45, 7) is 2.13. The van der Waals surface area contributed by atoms with Crippen molar-refractivity contribution in [3.8, 4) is 0 Å². The normalized spacial score (nSPS) is 48.3. The van der Waals surface area contributed by atoms with Crippen LogP contribution in [0.5, 0.6) is 0 Å². The molecule has 8 atom stereocenters. The van der Waals surface area contributed by atoms with Crippen molar-refractivity contribution in [1.29, 1.82) is 0 Å². The first-order chi connectivity index (χ1) is 12.0. The van der Waals surface area contributed by atoms with Gasteiger partial charge in [-0.05, 0) is 43.1 Å². The maximum atomic E-state index is 12.7. The molecule has 134 valence electrons. The summed E-state index contributed by atoms with van der Waals surface area (Å²) in [5.74, 6) is -1.03. The summed E-state index contributed by atoms with van der Waals surface area (Å²) in [7, 11) is 0. The van der Waals surface area contributed by atoms with E-state index in [-0.39, 0.29) is 53.2 Å². The van der Waals surface area contributed by atoms with Gasteiger partial charge in [-0.3, -0.25) is 9.59 Å². The van der Waals surface area contributed by atoms with Crippen LogP contribution in [0, 0.1) is 29.1 Å². The summed E-state index contributed by atoms with van der Waals surface area (Å²) in [6.07, 6.45) is 4.61. The molecule has 1 N–H and O–H groups in total. The Kier molecular flexibility index (Phi) is 3.15. The second-order valence-electron chi connectivity index (χ2n) is 8.37. The van der Waals surface area contributed by atoms with Crippen molar-refractivity contribution in [2.75, 3.05) is 0 Å². The SMILES string of the molecule is CC12CC(c3ccoc3)OC(=O)C1CC(O)C1C3CC(CC12)OC3=O. The molecule has 4 fully saturated rings. The van der Waals surface area contributed by atoms with E-state index in [0.717, 1.165) is 12.0 Å². The third kappa shape index (κ3) is 2.06. The first-order valence-corrected chi connectivity index (χ1v) is 9.08. The van der Waals surface area contributed by atoms with Gasteiger partial charge >= 0.3 is 11.9 Å². The quantitative estimate of drug-likeness (QED) is 0.785. The number of hydrogen-bond donors (Lipinski definition) is 1. The second-order valence-corrected chi connectivity index (χ2v) is 8.37. The molecular weight excluding hydrogens is 324 g/mol. The zero-order valence-corrected chi connectivity index (χ0v) is 14.1. The van der Waals surface area contributed by atoms with Crippen LogP contribution in [-0.4, -0.2) is 29.3 Å². The largest absolute Gasteiger partial charge is 0.472 e. The van der Waals surface area contributed by atoms with Gasteiger partial charge in [-0.2, -0.15) is 0 Å². The van der Waals surface area contributed by atoms with E-state index in [1.54, 1.807) is 12.5 Å². The Hall–Kier alpha value is -1.82. The molecule has 0 spiro atoms. The lowest BCUT2D eigenvalue weighted by Gasteiger charge is -2.57. The Morgan fingerprint density at radius 3 is 2.76 bits per heavy atom. The average Bonchev–Trinajstić information content (AvgIpc) is 3.19. The molecule has 2 saturated carbocycles. The topological polar surface area (TPSA) is 86.0 Å². The van der Waals surface area contributed by atoms with Crippen LogP contribution in [0.3, 0.4) is 0 Å². The number of aliphatic hydroxyl groups is 1. The lowest BCUT2D eigenvalue weighted by Crippen LogP contribution is -2.58. The van der Waals surface area contributed by atoms with Gasteiger partial charge in [-0.1, -0.05) is 6.92 Å². The van der Waals surface area contributed by atoms with Gasteiger partial charge in [0.2, 0.25) is 0 Å². The van der Waals surface area contributed by atoms with E-state index >= 15 is 0 Å². The molecule has 0 amide bonds. The molecule has 2 bridgehead atoms. The highest BCUT2D eigenvalue weighted by Crippen LogP contribution is 2.62. The molecule has 3 heterocycles. The molecule has 6 nitrogen and oxygen atoms in total. The van der Waals surface area contributed by atoms with E-state index in [1.165, 1.54) is 0 Å². The molecule has 6 heteroatoms. The minimum absolute atomic E-state index is 0.0770. The summed E-state index contributed by atoms with van der Waals surface area (Å²) >= 11 is 0. The van der Waals surface area contributed by atoms with Crippen LogP contribution in [0.25, 0.3) is 0 Å². The van der Waals surface area contributed by atoms with E-state index in [2.05, 4.69) is 6.92 Å². The van der Waals surface area contributed by atoms with Crippen LogP contribution in [0.15, 0.2) is 23.0 Å². The number of fused-ring (bicyclic) bond motifs is 6. The van der Waals surface area contributed by atoms with E-state index in [9.17, 15) is 14.7 Å². The molecule has 5 rings (SSSR count). The highest BCUT2D eigenvalue weighted by atomic mass is 16.6. The van der Waals surface area contributed by atoms with Gasteiger partial charge in [-0.15, -0.1) is 0 Å². The Bertz CT molecular complexity index is 712. The van der Waals surface area contributed by atoms with E-state index in [0.29, 0.717) is 19.3 Å². The van der Waals surface area contributed by atoms with E-state index in [1.807, 2.05) is 6.07 Å². The monoisotopic (exact) mass is 346 g/mol. The standard InChI is InChI=1S/C19H22O6/c1-19-7-15(9-2-3-23-8-9)25-18(22)13(19)6-14(20)16-11-4-10(5-12(16)19)24-17(11)21/h2-3,8,10-16,20H,4-7H2,1H3. The van der Waals surface area contributed by atoms with E-state index in [4.69, 9.17) is 13.9 Å². The van der Waals surface area contributed by atoms with Gasteiger partial charge in [0.15, 0.2) is 0 Å². The number of rotatable bonds is 1. The van der Waals surface area contributed by atoms with Gasteiger partial charge < -0.3 is 19.0 Å². The fourth-order valence-corrected chi connectivity index (χ4v) is 6.00. The average molecular weight is 346 g/mol. The smallest absolute Gasteiger partial charge is 0.310 e. The Morgan fingerprint density at radius 2 is 2.00 bits per heavy atom. The summed E-state index contributed by atoms with van der Waals surface area (Å²) in [4.78, 5) is 24.9.